The minimum Gasteiger partial charge on any atom is -0.465 e. The van der Waals surface area contributed by atoms with Crippen LogP contribution in [0.4, 0.5) is 14.5 Å². The number of aromatic amines is 1. The SMILES string of the molecule is COC(=O)c1scc(-c2cc(S(=O)(=O)Nc3ccc(C#N)cc3F)c[nH]2)c1F. The summed E-state index contributed by atoms with van der Waals surface area (Å²) in [5.74, 6) is -2.59. The average molecular weight is 423 g/mol. The van der Waals surface area contributed by atoms with Gasteiger partial charge >= 0.3 is 5.97 Å². The molecule has 0 aliphatic heterocycles. The molecule has 144 valence electrons. The topological polar surface area (TPSA) is 112 Å². The summed E-state index contributed by atoms with van der Waals surface area (Å²) in [6, 6.07) is 6.18. The molecule has 2 aromatic heterocycles. The third kappa shape index (κ3) is 3.60. The molecular formula is C17H11F2N3O4S2. The summed E-state index contributed by atoms with van der Waals surface area (Å²) >= 11 is 0.818. The van der Waals surface area contributed by atoms with E-state index in [1.807, 2.05) is 0 Å². The van der Waals surface area contributed by atoms with Crippen LogP contribution >= 0.6 is 11.3 Å². The largest absolute Gasteiger partial charge is 0.465 e. The second-order valence-electron chi connectivity index (χ2n) is 5.45. The number of halogens is 2. The lowest BCUT2D eigenvalue weighted by atomic mass is 10.2. The van der Waals surface area contributed by atoms with Gasteiger partial charge in [-0.05, 0) is 24.3 Å². The minimum atomic E-state index is -4.18. The minimum absolute atomic E-state index is 0.00333. The summed E-state index contributed by atoms with van der Waals surface area (Å²) < 4.78 is 59.8. The summed E-state index contributed by atoms with van der Waals surface area (Å²) in [5, 5.41) is 10.1. The van der Waals surface area contributed by atoms with Gasteiger partial charge in [-0.3, -0.25) is 4.72 Å². The molecule has 1 aromatic carbocycles. The number of anilines is 1. The van der Waals surface area contributed by atoms with Crippen LogP contribution in [0.15, 0.2) is 40.7 Å². The fraction of sp³-hybridized carbons (Fsp3) is 0.0588. The van der Waals surface area contributed by atoms with Gasteiger partial charge in [-0.1, -0.05) is 0 Å². The van der Waals surface area contributed by atoms with E-state index in [1.54, 1.807) is 6.07 Å². The van der Waals surface area contributed by atoms with Crippen molar-refractivity contribution in [1.82, 2.24) is 4.98 Å². The zero-order chi connectivity index (χ0) is 20.5. The Balaban J connectivity index is 1.90. The Kier molecular flexibility index (Phi) is 5.17. The smallest absolute Gasteiger partial charge is 0.351 e. The molecule has 0 fully saturated rings. The van der Waals surface area contributed by atoms with Crippen molar-refractivity contribution in [3.05, 3.63) is 57.9 Å². The first-order valence-electron chi connectivity index (χ1n) is 7.53. The van der Waals surface area contributed by atoms with Crippen molar-refractivity contribution in [2.45, 2.75) is 4.90 Å². The molecule has 28 heavy (non-hydrogen) atoms. The Labute approximate surface area is 162 Å². The number of H-pyrrole nitrogens is 1. The zero-order valence-corrected chi connectivity index (χ0v) is 15.7. The molecule has 0 saturated heterocycles. The van der Waals surface area contributed by atoms with Gasteiger partial charge in [-0.25, -0.2) is 22.0 Å². The van der Waals surface area contributed by atoms with Crippen LogP contribution in [-0.2, 0) is 14.8 Å². The molecule has 0 aliphatic carbocycles. The summed E-state index contributed by atoms with van der Waals surface area (Å²) in [6.45, 7) is 0. The molecule has 0 spiro atoms. The summed E-state index contributed by atoms with van der Waals surface area (Å²) in [5.41, 5.74) is -0.184. The number of rotatable bonds is 5. The van der Waals surface area contributed by atoms with Crippen molar-refractivity contribution in [3.63, 3.8) is 0 Å². The molecule has 3 aromatic rings. The molecule has 0 atom stereocenters. The lowest BCUT2D eigenvalue weighted by Crippen LogP contribution is -2.13. The highest BCUT2D eigenvalue weighted by molar-refractivity contribution is 7.92. The van der Waals surface area contributed by atoms with Gasteiger partial charge in [0.2, 0.25) is 0 Å². The average Bonchev–Trinajstić information content (AvgIpc) is 3.29. The molecule has 0 amide bonds. The van der Waals surface area contributed by atoms with E-state index >= 15 is 0 Å². The molecule has 3 rings (SSSR count). The van der Waals surface area contributed by atoms with Crippen molar-refractivity contribution in [3.8, 4) is 17.3 Å². The third-order valence-corrected chi connectivity index (χ3v) is 5.98. The number of ether oxygens (including phenoxy) is 1. The third-order valence-electron chi connectivity index (χ3n) is 3.70. The van der Waals surface area contributed by atoms with Crippen LogP contribution in [0, 0.1) is 23.0 Å². The van der Waals surface area contributed by atoms with Crippen LogP contribution in [0.2, 0.25) is 0 Å². The Bertz CT molecular complexity index is 1210. The van der Waals surface area contributed by atoms with Crippen LogP contribution in [0.25, 0.3) is 11.3 Å². The molecule has 2 heterocycles. The number of aromatic nitrogens is 1. The van der Waals surface area contributed by atoms with Crippen molar-refractivity contribution in [2.75, 3.05) is 11.8 Å². The first-order valence-corrected chi connectivity index (χ1v) is 9.89. The molecule has 11 heteroatoms. The number of carbonyl (C=O) groups excluding carboxylic acids is 1. The number of nitrogens with zero attached hydrogens (tertiary/aromatic N) is 1. The standard InChI is InChI=1S/C17H11F2N3O4S2/c1-26-17(23)16-15(19)11(8-27-16)14-5-10(7-21-14)28(24,25)22-13-3-2-9(6-20)4-12(13)18/h2-5,7-8,21-22H,1H3. The normalized spacial score (nSPS) is 11.1. The molecule has 0 aliphatic rings. The van der Waals surface area contributed by atoms with Gasteiger partial charge in [0, 0.05) is 17.1 Å². The summed E-state index contributed by atoms with van der Waals surface area (Å²) in [6.07, 6.45) is 1.11. The molecule has 0 saturated carbocycles. The number of nitriles is 1. The lowest BCUT2D eigenvalue weighted by Gasteiger charge is -2.07. The fourth-order valence-electron chi connectivity index (χ4n) is 2.31. The number of thiophene rings is 1. The van der Waals surface area contributed by atoms with E-state index in [9.17, 15) is 22.0 Å². The van der Waals surface area contributed by atoms with E-state index in [0.29, 0.717) is 0 Å². The number of benzene rings is 1. The van der Waals surface area contributed by atoms with Gasteiger partial charge in [0.25, 0.3) is 10.0 Å². The van der Waals surface area contributed by atoms with E-state index < -0.39 is 27.6 Å². The highest BCUT2D eigenvalue weighted by Gasteiger charge is 2.23. The quantitative estimate of drug-likeness (QED) is 0.610. The van der Waals surface area contributed by atoms with Crippen LogP contribution in [-0.4, -0.2) is 26.5 Å². The number of nitrogens with one attached hydrogen (secondary N) is 2. The monoisotopic (exact) mass is 423 g/mol. The maximum absolute atomic E-state index is 14.4. The molecule has 7 nitrogen and oxygen atoms in total. The molecule has 2 N–H and O–H groups in total. The van der Waals surface area contributed by atoms with E-state index in [4.69, 9.17) is 5.26 Å². The second kappa shape index (κ2) is 7.41. The summed E-state index contributed by atoms with van der Waals surface area (Å²) in [7, 11) is -3.06. The lowest BCUT2D eigenvalue weighted by molar-refractivity contribution is 0.0601. The number of methoxy groups -OCH3 is 1. The van der Waals surface area contributed by atoms with E-state index in [-0.39, 0.29) is 32.3 Å². The van der Waals surface area contributed by atoms with Crippen LogP contribution in [0.5, 0.6) is 0 Å². The van der Waals surface area contributed by atoms with Crippen LogP contribution in [0.1, 0.15) is 15.2 Å². The Morgan fingerprint density at radius 2 is 2.07 bits per heavy atom. The first kappa shape index (κ1) is 19.5. The van der Waals surface area contributed by atoms with Crippen molar-refractivity contribution < 1.29 is 26.7 Å². The zero-order valence-electron chi connectivity index (χ0n) is 14.1. The maximum atomic E-state index is 14.4. The Morgan fingerprint density at radius 3 is 2.71 bits per heavy atom. The molecular weight excluding hydrogens is 412 g/mol. The predicted octanol–water partition coefficient (Wildman–Crippen LogP) is 3.48. The summed E-state index contributed by atoms with van der Waals surface area (Å²) in [4.78, 5) is 13.6. The molecule has 0 unspecified atom stereocenters. The highest BCUT2D eigenvalue weighted by Crippen LogP contribution is 2.31. The van der Waals surface area contributed by atoms with Crippen LogP contribution < -0.4 is 4.72 Å². The van der Waals surface area contributed by atoms with Crippen LogP contribution in [0.3, 0.4) is 0 Å². The number of esters is 1. The molecule has 0 radical (unpaired) electrons. The Morgan fingerprint density at radius 1 is 1.32 bits per heavy atom. The molecule has 0 bridgehead atoms. The van der Waals surface area contributed by atoms with E-state index in [0.717, 1.165) is 42.8 Å². The second-order valence-corrected chi connectivity index (χ2v) is 8.01. The number of hydrogen-bond acceptors (Lipinski definition) is 6. The Hall–Kier alpha value is -3.23. The van der Waals surface area contributed by atoms with Gasteiger partial charge in [0.05, 0.1) is 30.1 Å². The number of sulfonamides is 1. The van der Waals surface area contributed by atoms with Gasteiger partial charge in [-0.15, -0.1) is 11.3 Å². The van der Waals surface area contributed by atoms with E-state index in [2.05, 4.69) is 14.4 Å². The number of carbonyl (C=O) groups is 1. The highest BCUT2D eigenvalue weighted by atomic mass is 32.2. The van der Waals surface area contributed by atoms with Gasteiger partial charge in [0.15, 0.2) is 5.82 Å². The number of hydrogen-bond donors (Lipinski definition) is 2. The fourth-order valence-corrected chi connectivity index (χ4v) is 4.23. The van der Waals surface area contributed by atoms with Gasteiger partial charge < -0.3 is 9.72 Å². The predicted molar refractivity (Wildman–Crippen MR) is 97.3 cm³/mol. The van der Waals surface area contributed by atoms with Gasteiger partial charge in [0.1, 0.15) is 15.6 Å². The van der Waals surface area contributed by atoms with Gasteiger partial charge in [-0.2, -0.15) is 5.26 Å². The van der Waals surface area contributed by atoms with Crippen molar-refractivity contribution >= 4 is 33.0 Å². The van der Waals surface area contributed by atoms with Crippen molar-refractivity contribution in [1.29, 1.82) is 5.26 Å². The van der Waals surface area contributed by atoms with E-state index in [1.165, 1.54) is 11.4 Å². The maximum Gasteiger partial charge on any atom is 0.351 e. The van der Waals surface area contributed by atoms with Crippen molar-refractivity contribution in [2.24, 2.45) is 0 Å². The first-order chi connectivity index (χ1) is 13.3.